The van der Waals surface area contributed by atoms with Gasteiger partial charge in [0.05, 0.1) is 17.7 Å². The maximum atomic E-state index is 13.0. The van der Waals surface area contributed by atoms with Gasteiger partial charge >= 0.3 is 0 Å². The van der Waals surface area contributed by atoms with Crippen LogP contribution in [-0.4, -0.2) is 49.6 Å². The molecule has 0 saturated carbocycles. The van der Waals surface area contributed by atoms with Gasteiger partial charge in [0, 0.05) is 23.5 Å². The van der Waals surface area contributed by atoms with Gasteiger partial charge < -0.3 is 24.1 Å². The predicted octanol–water partition coefficient (Wildman–Crippen LogP) is 4.34. The van der Waals surface area contributed by atoms with E-state index >= 15 is 0 Å². The van der Waals surface area contributed by atoms with Gasteiger partial charge in [-0.1, -0.05) is 23.7 Å². The molecule has 1 aliphatic heterocycles. The molecule has 1 aliphatic rings. The van der Waals surface area contributed by atoms with Gasteiger partial charge in [-0.25, -0.2) is 0 Å². The summed E-state index contributed by atoms with van der Waals surface area (Å²) in [6, 6.07) is 12.2. The van der Waals surface area contributed by atoms with E-state index in [-0.39, 0.29) is 18.3 Å². The number of morpholine rings is 1. The van der Waals surface area contributed by atoms with Crippen molar-refractivity contribution in [3.8, 4) is 5.75 Å². The second kappa shape index (κ2) is 9.07. The van der Waals surface area contributed by atoms with Crippen molar-refractivity contribution in [3.63, 3.8) is 0 Å². The first-order valence-electron chi connectivity index (χ1n) is 9.29. The van der Waals surface area contributed by atoms with Gasteiger partial charge in [0.15, 0.2) is 6.61 Å². The number of anilines is 1. The highest BCUT2D eigenvalue weighted by atomic mass is 79.9. The number of benzene rings is 2. The Morgan fingerprint density at radius 1 is 1.17 bits per heavy atom. The summed E-state index contributed by atoms with van der Waals surface area (Å²) in [5.74, 6) is -0.124. The van der Waals surface area contributed by atoms with Crippen LogP contribution in [0.3, 0.4) is 0 Å². The van der Waals surface area contributed by atoms with Gasteiger partial charge in [-0.15, -0.1) is 0 Å². The Kier molecular flexibility index (Phi) is 6.26. The molecule has 1 N–H and O–H groups in total. The van der Waals surface area contributed by atoms with E-state index in [1.165, 1.54) is 0 Å². The van der Waals surface area contributed by atoms with Crippen molar-refractivity contribution in [3.05, 3.63) is 57.7 Å². The van der Waals surface area contributed by atoms with E-state index in [1.54, 1.807) is 35.2 Å². The van der Waals surface area contributed by atoms with Crippen molar-refractivity contribution in [2.24, 2.45) is 0 Å². The summed E-state index contributed by atoms with van der Waals surface area (Å²) in [5.41, 5.74) is 0.858. The monoisotopic (exact) mass is 492 g/mol. The van der Waals surface area contributed by atoms with Gasteiger partial charge in [-0.05, 0) is 46.3 Å². The highest BCUT2D eigenvalue weighted by Crippen LogP contribution is 2.32. The first-order valence-corrected chi connectivity index (χ1v) is 10.5. The molecule has 4 rings (SSSR count). The van der Waals surface area contributed by atoms with Crippen LogP contribution in [0.1, 0.15) is 10.6 Å². The Hall–Kier alpha value is -2.55. The summed E-state index contributed by atoms with van der Waals surface area (Å²) < 4.78 is 17.3. The van der Waals surface area contributed by atoms with Crippen LogP contribution in [0.25, 0.3) is 11.0 Å². The summed E-state index contributed by atoms with van der Waals surface area (Å²) in [4.78, 5) is 27.2. The molecule has 0 aliphatic carbocycles. The Bertz CT molecular complexity index is 1090. The quantitative estimate of drug-likeness (QED) is 0.572. The highest BCUT2D eigenvalue weighted by molar-refractivity contribution is 9.10. The van der Waals surface area contributed by atoms with Gasteiger partial charge in [-0.2, -0.15) is 0 Å². The zero-order valence-electron chi connectivity index (χ0n) is 15.8. The number of nitrogens with one attached hydrogen (secondary N) is 1. The minimum absolute atomic E-state index is 0.0964. The molecule has 9 heteroatoms. The largest absolute Gasteiger partial charge is 0.483 e. The zero-order chi connectivity index (χ0) is 21.1. The molecule has 0 bridgehead atoms. The number of carbonyl (C=O) groups is 2. The Balaban J connectivity index is 1.54. The predicted molar refractivity (Wildman–Crippen MR) is 116 cm³/mol. The Morgan fingerprint density at radius 3 is 2.70 bits per heavy atom. The smallest absolute Gasteiger partial charge is 0.291 e. The summed E-state index contributed by atoms with van der Waals surface area (Å²) in [5, 5.41) is 3.98. The molecule has 2 heterocycles. The summed E-state index contributed by atoms with van der Waals surface area (Å²) in [6.07, 6.45) is 0. The minimum atomic E-state index is -0.417. The molecular weight excluding hydrogens is 476 g/mol. The van der Waals surface area contributed by atoms with Gasteiger partial charge in [0.2, 0.25) is 5.76 Å². The molecule has 30 heavy (non-hydrogen) atoms. The number of fused-ring (bicyclic) bond motifs is 1. The Labute approximate surface area is 186 Å². The lowest BCUT2D eigenvalue weighted by atomic mass is 10.2. The zero-order valence-corrected chi connectivity index (χ0v) is 18.2. The number of hydrogen-bond acceptors (Lipinski definition) is 5. The number of amides is 2. The molecule has 1 fully saturated rings. The molecule has 2 aromatic carbocycles. The molecule has 0 spiro atoms. The van der Waals surface area contributed by atoms with E-state index in [0.29, 0.717) is 58.2 Å². The van der Waals surface area contributed by atoms with Crippen molar-refractivity contribution in [2.75, 3.05) is 38.2 Å². The van der Waals surface area contributed by atoms with Crippen LogP contribution >= 0.6 is 27.5 Å². The maximum Gasteiger partial charge on any atom is 0.291 e. The second-order valence-electron chi connectivity index (χ2n) is 6.62. The number of halogens is 2. The third-order valence-electron chi connectivity index (χ3n) is 4.61. The van der Waals surface area contributed by atoms with Crippen LogP contribution in [0.4, 0.5) is 5.69 Å². The lowest BCUT2D eigenvalue weighted by molar-refractivity contribution is -0.118. The third-order valence-corrected chi connectivity index (χ3v) is 5.46. The van der Waals surface area contributed by atoms with Crippen LogP contribution in [0, 0.1) is 0 Å². The van der Waals surface area contributed by atoms with E-state index in [0.717, 1.165) is 0 Å². The summed E-state index contributed by atoms with van der Waals surface area (Å²) in [7, 11) is 0. The number of hydrogen-bond donors (Lipinski definition) is 1. The van der Waals surface area contributed by atoms with E-state index in [4.69, 9.17) is 25.5 Å². The molecular formula is C21H18BrClN2O5. The van der Waals surface area contributed by atoms with Crippen LogP contribution in [0.5, 0.6) is 5.75 Å². The molecule has 1 saturated heterocycles. The topological polar surface area (TPSA) is 81.0 Å². The van der Waals surface area contributed by atoms with Gasteiger partial charge in [0.25, 0.3) is 11.8 Å². The van der Waals surface area contributed by atoms with E-state index in [2.05, 4.69) is 21.2 Å². The van der Waals surface area contributed by atoms with Crippen LogP contribution in [0.2, 0.25) is 5.02 Å². The maximum absolute atomic E-state index is 13.0. The fraction of sp³-hybridized carbons (Fsp3) is 0.238. The molecule has 7 nitrogen and oxygen atoms in total. The van der Waals surface area contributed by atoms with Gasteiger partial charge in [-0.3, -0.25) is 9.59 Å². The fourth-order valence-electron chi connectivity index (χ4n) is 3.14. The highest BCUT2D eigenvalue weighted by Gasteiger charge is 2.27. The average molecular weight is 494 g/mol. The average Bonchev–Trinajstić information content (AvgIpc) is 3.11. The summed E-state index contributed by atoms with van der Waals surface area (Å²) in [6.45, 7) is 1.63. The SMILES string of the molecule is O=C(COc1ccc(Cl)cc1Br)Nc1c(C(=O)N2CCOCC2)oc2ccccc12. The standard InChI is InChI=1S/C21H18BrClN2O5/c22-15-11-13(23)5-6-17(15)29-12-18(26)24-19-14-3-1-2-4-16(14)30-20(19)21(27)25-7-9-28-10-8-25/h1-6,11H,7-10,12H2,(H,24,26). The van der Waals surface area contributed by atoms with Gasteiger partial charge in [0.1, 0.15) is 17.0 Å². The fourth-order valence-corrected chi connectivity index (χ4v) is 3.94. The lowest BCUT2D eigenvalue weighted by Gasteiger charge is -2.26. The third kappa shape index (κ3) is 4.45. The number of furan rings is 1. The van der Waals surface area contributed by atoms with Crippen molar-refractivity contribution in [1.82, 2.24) is 4.90 Å². The first-order chi connectivity index (χ1) is 14.5. The molecule has 156 valence electrons. The van der Waals surface area contributed by atoms with Crippen molar-refractivity contribution in [2.45, 2.75) is 0 Å². The number of nitrogens with zero attached hydrogens (tertiary/aromatic N) is 1. The normalized spacial score (nSPS) is 14.0. The first kappa shape index (κ1) is 20.7. The molecule has 0 atom stereocenters. The van der Waals surface area contributed by atoms with Crippen molar-refractivity contribution < 1.29 is 23.5 Å². The summed E-state index contributed by atoms with van der Waals surface area (Å²) >= 11 is 9.27. The molecule has 0 unspecified atom stereocenters. The molecule has 2 amide bonds. The van der Waals surface area contributed by atoms with E-state index < -0.39 is 5.91 Å². The van der Waals surface area contributed by atoms with Crippen molar-refractivity contribution in [1.29, 1.82) is 0 Å². The minimum Gasteiger partial charge on any atom is -0.483 e. The number of carbonyl (C=O) groups excluding carboxylic acids is 2. The lowest BCUT2D eigenvalue weighted by Crippen LogP contribution is -2.40. The van der Waals surface area contributed by atoms with Crippen LogP contribution < -0.4 is 10.1 Å². The molecule has 0 radical (unpaired) electrons. The number of para-hydroxylation sites is 1. The molecule has 1 aromatic heterocycles. The number of ether oxygens (including phenoxy) is 2. The Morgan fingerprint density at radius 2 is 1.93 bits per heavy atom. The second-order valence-corrected chi connectivity index (χ2v) is 7.91. The van der Waals surface area contributed by atoms with E-state index in [1.807, 2.05) is 12.1 Å². The van der Waals surface area contributed by atoms with E-state index in [9.17, 15) is 9.59 Å². The van der Waals surface area contributed by atoms with Crippen molar-refractivity contribution >= 4 is 56.0 Å². The number of rotatable bonds is 5. The molecule has 3 aromatic rings. The van der Waals surface area contributed by atoms with Crippen LogP contribution in [-0.2, 0) is 9.53 Å². The van der Waals surface area contributed by atoms with Crippen LogP contribution in [0.15, 0.2) is 51.4 Å².